The zero-order valence-electron chi connectivity index (χ0n) is 16.6. The Morgan fingerprint density at radius 1 is 1.14 bits per heavy atom. The second kappa shape index (κ2) is 6.36. The molecule has 5 aliphatic rings. The van der Waals surface area contributed by atoms with Crippen molar-refractivity contribution in [2.24, 2.45) is 17.3 Å². The number of esters is 2. The van der Waals surface area contributed by atoms with Crippen molar-refractivity contribution >= 4 is 11.9 Å². The van der Waals surface area contributed by atoms with Crippen LogP contribution in [0.5, 0.6) is 0 Å². The highest BCUT2D eigenvalue weighted by Gasteiger charge is 2.63. The Morgan fingerprint density at radius 3 is 2.32 bits per heavy atom. The summed E-state index contributed by atoms with van der Waals surface area (Å²) in [4.78, 5) is 24.9. The number of carbonyl (C=O) groups is 2. The summed E-state index contributed by atoms with van der Waals surface area (Å²) in [7, 11) is 0. The number of rotatable bonds is 5. The Labute approximate surface area is 163 Å². The maximum absolute atomic E-state index is 13.4. The van der Waals surface area contributed by atoms with Crippen LogP contribution in [0.3, 0.4) is 0 Å². The predicted octanol–water partition coefficient (Wildman–Crippen LogP) is 3.22. The quantitative estimate of drug-likeness (QED) is 0.658. The lowest BCUT2D eigenvalue weighted by atomic mass is 9.48. The summed E-state index contributed by atoms with van der Waals surface area (Å²) in [5, 5.41) is 0. The van der Waals surface area contributed by atoms with Crippen molar-refractivity contribution in [3.05, 3.63) is 0 Å². The van der Waals surface area contributed by atoms with E-state index in [1.807, 2.05) is 0 Å². The first-order valence-electron chi connectivity index (χ1n) is 10.0. The molecule has 3 unspecified atom stereocenters. The smallest absolute Gasteiger partial charge is 0.377 e. The van der Waals surface area contributed by atoms with Crippen molar-refractivity contribution in [3.63, 3.8) is 0 Å². The minimum Gasteiger partial charge on any atom is -0.462 e. The van der Waals surface area contributed by atoms with E-state index < -0.39 is 28.7 Å². The van der Waals surface area contributed by atoms with Crippen molar-refractivity contribution in [1.82, 2.24) is 0 Å². The predicted molar refractivity (Wildman–Crippen MR) is 92.4 cm³/mol. The van der Waals surface area contributed by atoms with Crippen molar-refractivity contribution in [3.8, 4) is 0 Å². The molecule has 6 nitrogen and oxygen atoms in total. The van der Waals surface area contributed by atoms with Gasteiger partial charge in [-0.15, -0.1) is 0 Å². The maximum Gasteiger partial charge on any atom is 0.377 e. The van der Waals surface area contributed by atoms with Gasteiger partial charge >= 0.3 is 17.9 Å². The average molecular weight is 402 g/mol. The highest BCUT2D eigenvalue weighted by atomic mass is 19.3. The van der Waals surface area contributed by atoms with Gasteiger partial charge in [-0.2, -0.15) is 8.78 Å². The summed E-state index contributed by atoms with van der Waals surface area (Å²) in [6.07, 6.45) is 3.32. The Hall–Kier alpha value is -1.28. The maximum atomic E-state index is 13.4. The van der Waals surface area contributed by atoms with Gasteiger partial charge in [0.2, 0.25) is 0 Å². The molecule has 8 heteroatoms. The zero-order valence-corrected chi connectivity index (χ0v) is 16.6. The Bertz CT molecular complexity index is 656. The van der Waals surface area contributed by atoms with Gasteiger partial charge in [0.1, 0.15) is 18.3 Å². The summed E-state index contributed by atoms with van der Waals surface area (Å²) in [5.41, 5.74) is -1.74. The molecule has 0 aromatic rings. The van der Waals surface area contributed by atoms with Crippen LogP contribution >= 0.6 is 0 Å². The van der Waals surface area contributed by atoms with Crippen LogP contribution in [0.1, 0.15) is 59.3 Å². The van der Waals surface area contributed by atoms with Crippen LogP contribution in [0.2, 0.25) is 0 Å². The number of hydrogen-bond acceptors (Lipinski definition) is 6. The molecule has 0 aromatic carbocycles. The highest BCUT2D eigenvalue weighted by molar-refractivity contribution is 5.79. The molecular formula is C20H28F2O6. The summed E-state index contributed by atoms with van der Waals surface area (Å²) < 4.78 is 48.9. The molecular weight excluding hydrogens is 374 g/mol. The molecule has 5 rings (SSSR count). The fourth-order valence-electron chi connectivity index (χ4n) is 5.99. The van der Waals surface area contributed by atoms with E-state index >= 15 is 0 Å². The molecule has 158 valence electrons. The monoisotopic (exact) mass is 402 g/mol. The van der Waals surface area contributed by atoms with E-state index in [0.29, 0.717) is 39.2 Å². The lowest BCUT2D eigenvalue weighted by Gasteiger charge is -2.59. The largest absolute Gasteiger partial charge is 0.462 e. The number of hydrogen-bond donors (Lipinski definition) is 0. The molecule has 0 spiro atoms. The second-order valence-corrected chi connectivity index (χ2v) is 9.75. The molecule has 28 heavy (non-hydrogen) atoms. The van der Waals surface area contributed by atoms with E-state index in [0.717, 1.165) is 6.42 Å². The molecule has 0 amide bonds. The van der Waals surface area contributed by atoms with Crippen molar-refractivity contribution in [2.45, 2.75) is 82.7 Å². The lowest BCUT2D eigenvalue weighted by molar-refractivity contribution is -0.225. The average Bonchev–Trinajstić information content (AvgIpc) is 2.89. The number of alkyl halides is 2. The van der Waals surface area contributed by atoms with Gasteiger partial charge in [-0.3, -0.25) is 4.79 Å². The number of carbonyl (C=O) groups excluding carboxylic acids is 2. The standard InChI is InChI=1S/C20H28F2O6/c1-17(2)26-10-14(27-17)9-25-16(24)19-5-12-4-13(6-19)8-20(7-12,11-19)28-15(23)18(3,21)22/h12-14H,4-11H2,1-3H3. The molecule has 3 atom stereocenters. The molecule has 0 N–H and O–H groups in total. The van der Waals surface area contributed by atoms with Crippen LogP contribution in [-0.4, -0.2) is 48.6 Å². The van der Waals surface area contributed by atoms with Crippen molar-refractivity contribution in [2.75, 3.05) is 13.2 Å². The van der Waals surface area contributed by atoms with E-state index in [4.69, 9.17) is 18.9 Å². The number of ether oxygens (including phenoxy) is 4. The summed E-state index contributed by atoms with van der Waals surface area (Å²) in [5.74, 6) is -5.69. The molecule has 4 saturated carbocycles. The van der Waals surface area contributed by atoms with Crippen molar-refractivity contribution in [1.29, 1.82) is 0 Å². The Kier molecular flexibility index (Phi) is 4.54. The third kappa shape index (κ3) is 3.65. The fourth-order valence-corrected chi connectivity index (χ4v) is 5.99. The van der Waals surface area contributed by atoms with Gasteiger partial charge in [-0.05, 0) is 57.8 Å². The molecule has 1 heterocycles. The SMILES string of the molecule is CC1(C)OCC(COC(=O)C23CC4CC(CC(OC(=O)C(C)(F)F)(C4)C2)C3)O1. The first-order valence-corrected chi connectivity index (χ1v) is 10.0. The molecule has 4 bridgehead atoms. The Morgan fingerprint density at radius 2 is 1.79 bits per heavy atom. The highest BCUT2D eigenvalue weighted by Crippen LogP contribution is 2.63. The third-order valence-corrected chi connectivity index (χ3v) is 6.58. The van der Waals surface area contributed by atoms with Gasteiger partial charge in [0.15, 0.2) is 5.79 Å². The summed E-state index contributed by atoms with van der Waals surface area (Å²) >= 11 is 0. The minimum atomic E-state index is -3.54. The van der Waals surface area contributed by atoms with Crippen LogP contribution in [0.4, 0.5) is 8.78 Å². The van der Waals surface area contributed by atoms with E-state index in [1.54, 1.807) is 13.8 Å². The topological polar surface area (TPSA) is 71.1 Å². The first-order chi connectivity index (χ1) is 12.9. The molecule has 0 aromatic heterocycles. The second-order valence-electron chi connectivity index (χ2n) is 9.75. The molecule has 1 saturated heterocycles. The van der Waals surface area contributed by atoms with Gasteiger partial charge in [0.05, 0.1) is 12.0 Å². The van der Waals surface area contributed by atoms with Crippen LogP contribution < -0.4 is 0 Å². The summed E-state index contributed by atoms with van der Waals surface area (Å²) in [6, 6.07) is 0. The molecule has 5 fully saturated rings. The first kappa shape index (κ1) is 20.0. The van der Waals surface area contributed by atoms with Crippen molar-refractivity contribution < 1.29 is 37.3 Å². The van der Waals surface area contributed by atoms with Gasteiger partial charge in [0, 0.05) is 13.3 Å². The van der Waals surface area contributed by atoms with Crippen LogP contribution in [0, 0.1) is 17.3 Å². The molecule has 4 aliphatic carbocycles. The fraction of sp³-hybridized carbons (Fsp3) is 0.900. The van der Waals surface area contributed by atoms with Crippen LogP contribution in [0.15, 0.2) is 0 Å². The lowest BCUT2D eigenvalue weighted by Crippen LogP contribution is -2.60. The van der Waals surface area contributed by atoms with Gasteiger partial charge < -0.3 is 18.9 Å². The van der Waals surface area contributed by atoms with E-state index in [9.17, 15) is 18.4 Å². The molecule has 1 aliphatic heterocycles. The Balaban J connectivity index is 1.45. The van der Waals surface area contributed by atoms with Gasteiger partial charge in [0.25, 0.3) is 0 Å². The molecule has 0 radical (unpaired) electrons. The normalized spacial score (nSPS) is 41.1. The van der Waals surface area contributed by atoms with Crippen LogP contribution in [-0.2, 0) is 28.5 Å². The van der Waals surface area contributed by atoms with E-state index in [1.165, 1.54) is 0 Å². The van der Waals surface area contributed by atoms with E-state index in [-0.39, 0.29) is 36.9 Å². The zero-order chi connectivity index (χ0) is 20.4. The third-order valence-electron chi connectivity index (χ3n) is 6.58. The van der Waals surface area contributed by atoms with E-state index in [2.05, 4.69) is 0 Å². The van der Waals surface area contributed by atoms with Gasteiger partial charge in [-0.25, -0.2) is 4.79 Å². The minimum absolute atomic E-state index is 0.0964. The number of halogens is 2. The van der Waals surface area contributed by atoms with Crippen LogP contribution in [0.25, 0.3) is 0 Å². The summed E-state index contributed by atoms with van der Waals surface area (Å²) in [6.45, 7) is 4.60. The van der Waals surface area contributed by atoms with Gasteiger partial charge in [-0.1, -0.05) is 0 Å².